The van der Waals surface area contributed by atoms with Crippen LogP contribution >= 0.6 is 0 Å². The molecule has 2 amide bonds. The lowest BCUT2D eigenvalue weighted by Crippen LogP contribution is -2.29. The van der Waals surface area contributed by atoms with Crippen LogP contribution in [-0.2, 0) is 0 Å². The first kappa shape index (κ1) is 18.0. The molecule has 4 N–H and O–H groups in total. The molecule has 0 aliphatic carbocycles. The summed E-state index contributed by atoms with van der Waals surface area (Å²) in [6.07, 6.45) is 3.51. The Bertz CT molecular complexity index is 806. The van der Waals surface area contributed by atoms with Crippen LogP contribution in [0.3, 0.4) is 0 Å². The van der Waals surface area contributed by atoms with Gasteiger partial charge in [0, 0.05) is 24.5 Å². The predicted molar refractivity (Wildman–Crippen MR) is 102 cm³/mol. The summed E-state index contributed by atoms with van der Waals surface area (Å²) in [5, 5.41) is 9.64. The number of nitrogens with zero attached hydrogens (tertiary/aromatic N) is 2. The standard InChI is InChI=1S/C19H25N5O2/c1-12(2)16-11-17(23-22-16)19(26)21-15-7-6-13(10-14(15)18(20)25)24-8-4-3-5-9-24/h6-7,10-12H,3-5,8-9H2,1-2H3,(H2,20,25)(H,21,26)(H,22,23). The molecule has 2 aromatic rings. The van der Waals surface area contributed by atoms with Crippen molar-refractivity contribution in [2.75, 3.05) is 23.3 Å². The van der Waals surface area contributed by atoms with E-state index in [1.165, 1.54) is 6.42 Å². The Hall–Kier alpha value is -2.83. The Kier molecular flexibility index (Phi) is 5.25. The molecule has 1 aromatic heterocycles. The van der Waals surface area contributed by atoms with Crippen molar-refractivity contribution in [3.05, 3.63) is 41.2 Å². The van der Waals surface area contributed by atoms with Crippen molar-refractivity contribution in [1.29, 1.82) is 0 Å². The van der Waals surface area contributed by atoms with Gasteiger partial charge in [0.05, 0.1) is 11.3 Å². The zero-order chi connectivity index (χ0) is 18.7. The first-order chi connectivity index (χ1) is 12.5. The van der Waals surface area contributed by atoms with Gasteiger partial charge in [0.1, 0.15) is 0 Å². The summed E-state index contributed by atoms with van der Waals surface area (Å²) in [6, 6.07) is 7.12. The third-order valence-electron chi connectivity index (χ3n) is 4.69. The molecule has 3 rings (SSSR count). The maximum absolute atomic E-state index is 12.5. The Balaban J connectivity index is 1.81. The normalized spacial score (nSPS) is 14.5. The third-order valence-corrected chi connectivity index (χ3v) is 4.69. The van der Waals surface area contributed by atoms with Crippen molar-refractivity contribution in [2.45, 2.75) is 39.0 Å². The fraction of sp³-hybridized carbons (Fsp3) is 0.421. The molecule has 138 valence electrons. The van der Waals surface area contributed by atoms with Gasteiger partial charge in [0.2, 0.25) is 0 Å². The van der Waals surface area contributed by atoms with Gasteiger partial charge in [-0.1, -0.05) is 13.8 Å². The molecule has 7 nitrogen and oxygen atoms in total. The largest absolute Gasteiger partial charge is 0.372 e. The number of anilines is 2. The zero-order valence-corrected chi connectivity index (χ0v) is 15.2. The van der Waals surface area contributed by atoms with Gasteiger partial charge in [-0.2, -0.15) is 5.10 Å². The topological polar surface area (TPSA) is 104 Å². The van der Waals surface area contributed by atoms with Crippen LogP contribution in [-0.4, -0.2) is 35.1 Å². The summed E-state index contributed by atoms with van der Waals surface area (Å²) < 4.78 is 0. The summed E-state index contributed by atoms with van der Waals surface area (Å²) >= 11 is 0. The number of aromatic amines is 1. The van der Waals surface area contributed by atoms with Crippen molar-refractivity contribution in [1.82, 2.24) is 10.2 Å². The lowest BCUT2D eigenvalue weighted by Gasteiger charge is -2.29. The summed E-state index contributed by atoms with van der Waals surface area (Å²) in [7, 11) is 0. The molecule has 1 aromatic carbocycles. The van der Waals surface area contributed by atoms with E-state index in [0.29, 0.717) is 11.3 Å². The molecule has 7 heteroatoms. The maximum Gasteiger partial charge on any atom is 0.276 e. The number of rotatable bonds is 5. The highest BCUT2D eigenvalue weighted by Crippen LogP contribution is 2.26. The second kappa shape index (κ2) is 7.59. The molecular weight excluding hydrogens is 330 g/mol. The van der Waals surface area contributed by atoms with Gasteiger partial charge in [0.15, 0.2) is 5.69 Å². The molecular formula is C19H25N5O2. The zero-order valence-electron chi connectivity index (χ0n) is 15.2. The van der Waals surface area contributed by atoms with E-state index >= 15 is 0 Å². The SMILES string of the molecule is CC(C)c1cc(C(=O)Nc2ccc(N3CCCCC3)cc2C(N)=O)n[nH]1. The molecule has 0 radical (unpaired) electrons. The van der Waals surface area contributed by atoms with Crippen molar-refractivity contribution < 1.29 is 9.59 Å². The minimum atomic E-state index is -0.566. The first-order valence-electron chi connectivity index (χ1n) is 9.01. The number of nitrogens with one attached hydrogen (secondary N) is 2. The molecule has 2 heterocycles. The number of amides is 2. The van der Waals surface area contributed by atoms with Crippen molar-refractivity contribution >= 4 is 23.2 Å². The summed E-state index contributed by atoms with van der Waals surface area (Å²) in [6.45, 7) is 5.96. The van der Waals surface area contributed by atoms with Gasteiger partial charge in [-0.25, -0.2) is 0 Å². The predicted octanol–water partition coefficient (Wildman–Crippen LogP) is 2.87. The smallest absolute Gasteiger partial charge is 0.276 e. The lowest BCUT2D eigenvalue weighted by atomic mass is 10.1. The number of aromatic nitrogens is 2. The second-order valence-corrected chi connectivity index (χ2v) is 6.96. The molecule has 0 atom stereocenters. The molecule has 1 fully saturated rings. The average Bonchev–Trinajstić information content (AvgIpc) is 3.13. The van der Waals surface area contributed by atoms with Gasteiger partial charge in [-0.3, -0.25) is 14.7 Å². The first-order valence-corrected chi connectivity index (χ1v) is 9.01. The summed E-state index contributed by atoms with van der Waals surface area (Å²) in [4.78, 5) is 26.6. The van der Waals surface area contributed by atoms with Crippen LogP contribution in [0, 0.1) is 0 Å². The van der Waals surface area contributed by atoms with E-state index in [4.69, 9.17) is 5.73 Å². The lowest BCUT2D eigenvalue weighted by molar-refractivity contribution is 0.100. The third kappa shape index (κ3) is 3.87. The van der Waals surface area contributed by atoms with Crippen LogP contribution in [0.2, 0.25) is 0 Å². The molecule has 0 bridgehead atoms. The highest BCUT2D eigenvalue weighted by atomic mass is 16.2. The Morgan fingerprint density at radius 3 is 2.54 bits per heavy atom. The van der Waals surface area contributed by atoms with Crippen molar-refractivity contribution in [3.63, 3.8) is 0 Å². The van der Waals surface area contributed by atoms with E-state index in [1.54, 1.807) is 18.2 Å². The van der Waals surface area contributed by atoms with Gasteiger partial charge in [-0.05, 0) is 49.4 Å². The summed E-state index contributed by atoms with van der Waals surface area (Å²) in [5.74, 6) is -0.695. The number of carbonyl (C=O) groups excluding carboxylic acids is 2. The molecule has 26 heavy (non-hydrogen) atoms. The van der Waals surface area contributed by atoms with Gasteiger partial charge < -0.3 is 16.0 Å². The van der Waals surface area contributed by atoms with Gasteiger partial charge in [-0.15, -0.1) is 0 Å². The number of nitrogens with two attached hydrogens (primary N) is 1. The Morgan fingerprint density at radius 1 is 1.19 bits per heavy atom. The van der Waals surface area contributed by atoms with E-state index in [9.17, 15) is 9.59 Å². The second-order valence-electron chi connectivity index (χ2n) is 6.96. The minimum Gasteiger partial charge on any atom is -0.372 e. The highest BCUT2D eigenvalue weighted by molar-refractivity contribution is 6.08. The minimum absolute atomic E-state index is 0.244. The highest BCUT2D eigenvalue weighted by Gasteiger charge is 2.18. The summed E-state index contributed by atoms with van der Waals surface area (Å²) in [5.41, 5.74) is 8.37. The number of primary amides is 1. The Labute approximate surface area is 153 Å². The number of H-pyrrole nitrogens is 1. The monoisotopic (exact) mass is 355 g/mol. The Morgan fingerprint density at radius 2 is 1.92 bits per heavy atom. The van der Waals surface area contributed by atoms with E-state index in [-0.39, 0.29) is 17.5 Å². The van der Waals surface area contributed by atoms with Crippen LogP contribution < -0.4 is 16.0 Å². The van der Waals surface area contributed by atoms with Gasteiger partial charge >= 0.3 is 0 Å². The van der Waals surface area contributed by atoms with Crippen molar-refractivity contribution in [3.8, 4) is 0 Å². The molecule has 0 saturated carbocycles. The van der Waals surface area contributed by atoms with Crippen LogP contribution in [0.5, 0.6) is 0 Å². The average molecular weight is 355 g/mol. The maximum atomic E-state index is 12.5. The number of benzene rings is 1. The number of hydrogen-bond acceptors (Lipinski definition) is 4. The molecule has 0 unspecified atom stereocenters. The number of hydrogen-bond donors (Lipinski definition) is 3. The van der Waals surface area contributed by atoms with E-state index in [1.807, 2.05) is 19.9 Å². The molecule has 1 aliphatic rings. The number of piperidine rings is 1. The fourth-order valence-corrected chi connectivity index (χ4v) is 3.13. The quantitative estimate of drug-likeness (QED) is 0.767. The van der Waals surface area contributed by atoms with E-state index in [2.05, 4.69) is 20.4 Å². The van der Waals surface area contributed by atoms with Crippen LogP contribution in [0.25, 0.3) is 0 Å². The van der Waals surface area contributed by atoms with E-state index in [0.717, 1.165) is 37.3 Å². The van der Waals surface area contributed by atoms with Crippen LogP contribution in [0.15, 0.2) is 24.3 Å². The molecule has 0 spiro atoms. The van der Waals surface area contributed by atoms with Gasteiger partial charge in [0.25, 0.3) is 11.8 Å². The fourth-order valence-electron chi connectivity index (χ4n) is 3.13. The molecule has 1 saturated heterocycles. The number of carbonyl (C=O) groups is 2. The molecule has 1 aliphatic heterocycles. The van der Waals surface area contributed by atoms with E-state index < -0.39 is 5.91 Å². The van der Waals surface area contributed by atoms with Crippen LogP contribution in [0.1, 0.15) is 65.6 Å². The van der Waals surface area contributed by atoms with Crippen LogP contribution in [0.4, 0.5) is 11.4 Å². The van der Waals surface area contributed by atoms with Crippen molar-refractivity contribution in [2.24, 2.45) is 5.73 Å².